The Morgan fingerprint density at radius 2 is 1.65 bits per heavy atom. The van der Waals surface area contributed by atoms with Crippen molar-refractivity contribution in [3.63, 3.8) is 0 Å². The molecular formula is C28H28ClN3O5. The summed E-state index contributed by atoms with van der Waals surface area (Å²) in [6.45, 7) is 6.04. The van der Waals surface area contributed by atoms with Gasteiger partial charge in [-0.1, -0.05) is 72.3 Å². The van der Waals surface area contributed by atoms with Gasteiger partial charge in [0.25, 0.3) is 0 Å². The fourth-order valence-corrected chi connectivity index (χ4v) is 4.15. The summed E-state index contributed by atoms with van der Waals surface area (Å²) in [5.41, 5.74) is 1.50. The van der Waals surface area contributed by atoms with Crippen molar-refractivity contribution < 1.29 is 24.2 Å². The van der Waals surface area contributed by atoms with Crippen LogP contribution in [0.25, 0.3) is 0 Å². The third-order valence-electron chi connectivity index (χ3n) is 5.53. The van der Waals surface area contributed by atoms with E-state index in [-0.39, 0.29) is 28.8 Å². The number of aromatic nitrogens is 1. The van der Waals surface area contributed by atoms with Crippen molar-refractivity contribution in [2.75, 3.05) is 13.1 Å². The predicted molar refractivity (Wildman–Crippen MR) is 141 cm³/mol. The molecule has 1 aliphatic heterocycles. The molecule has 192 valence electrons. The predicted octanol–water partition coefficient (Wildman–Crippen LogP) is 5.99. The van der Waals surface area contributed by atoms with E-state index in [1.807, 2.05) is 60.7 Å². The van der Waals surface area contributed by atoms with Crippen LogP contribution < -0.4 is 4.74 Å². The molecular weight excluding hydrogens is 494 g/mol. The smallest absolute Gasteiger partial charge is 0.410 e. The lowest BCUT2D eigenvalue weighted by molar-refractivity contribution is 0.0273. The summed E-state index contributed by atoms with van der Waals surface area (Å²) in [7, 11) is 0. The molecule has 1 fully saturated rings. The number of pyridine rings is 1. The molecule has 1 aliphatic rings. The van der Waals surface area contributed by atoms with Gasteiger partial charge in [0.05, 0.1) is 17.3 Å². The minimum absolute atomic E-state index is 0.0429. The molecule has 1 aromatic heterocycles. The molecule has 0 radical (unpaired) electrons. The zero-order valence-corrected chi connectivity index (χ0v) is 21.6. The number of likely N-dealkylation sites (tertiary alicyclic amines) is 1. The van der Waals surface area contributed by atoms with Crippen molar-refractivity contribution in [3.05, 3.63) is 88.4 Å². The largest absolute Gasteiger partial charge is 0.477 e. The van der Waals surface area contributed by atoms with Gasteiger partial charge < -0.3 is 19.5 Å². The summed E-state index contributed by atoms with van der Waals surface area (Å²) < 4.78 is 11.4. The van der Waals surface area contributed by atoms with Gasteiger partial charge in [0, 0.05) is 30.2 Å². The van der Waals surface area contributed by atoms with Crippen LogP contribution in [0, 0.1) is 0 Å². The van der Waals surface area contributed by atoms with Crippen molar-refractivity contribution in [1.29, 1.82) is 0 Å². The van der Waals surface area contributed by atoms with Crippen molar-refractivity contribution in [1.82, 2.24) is 9.88 Å². The third-order valence-corrected chi connectivity index (χ3v) is 5.83. The first-order valence-corrected chi connectivity index (χ1v) is 12.3. The quantitative estimate of drug-likeness (QED) is 0.400. The normalized spacial score (nSPS) is 15.2. The van der Waals surface area contributed by atoms with Crippen LogP contribution in [0.1, 0.15) is 48.7 Å². The maximum atomic E-state index is 12.4. The highest BCUT2D eigenvalue weighted by atomic mass is 35.5. The van der Waals surface area contributed by atoms with E-state index in [0.29, 0.717) is 18.7 Å². The Labute approximate surface area is 220 Å². The molecule has 8 nitrogen and oxygen atoms in total. The van der Waals surface area contributed by atoms with E-state index in [1.54, 1.807) is 20.8 Å². The lowest BCUT2D eigenvalue weighted by Crippen LogP contribution is -2.36. The molecule has 9 heteroatoms. The molecule has 0 spiro atoms. The summed E-state index contributed by atoms with van der Waals surface area (Å²) in [6.07, 6.45) is -0.433. The molecule has 1 amide bonds. The molecule has 1 N–H and O–H groups in total. The van der Waals surface area contributed by atoms with E-state index in [9.17, 15) is 14.7 Å². The van der Waals surface area contributed by atoms with Crippen molar-refractivity contribution in [2.24, 2.45) is 4.99 Å². The molecule has 3 aromatic rings. The van der Waals surface area contributed by atoms with Crippen LogP contribution >= 0.6 is 11.6 Å². The highest BCUT2D eigenvalue weighted by Gasteiger charge is 2.32. The second kappa shape index (κ2) is 11.0. The van der Waals surface area contributed by atoms with Gasteiger partial charge in [-0.25, -0.2) is 14.6 Å². The SMILES string of the molecule is CC(C)(C)OC(=O)N1CC[C@H](Oc2nc(N=C(c3ccccc3)c3ccccc3)cc(Cl)c2C(=O)O)C1. The number of nitrogens with zero attached hydrogens (tertiary/aromatic N) is 3. The fourth-order valence-electron chi connectivity index (χ4n) is 3.89. The van der Waals surface area contributed by atoms with Gasteiger partial charge in [0.1, 0.15) is 17.3 Å². The summed E-state index contributed by atoms with van der Waals surface area (Å²) in [5, 5.41) is 9.75. The number of rotatable bonds is 6. The molecule has 0 saturated carbocycles. The van der Waals surface area contributed by atoms with E-state index in [1.165, 1.54) is 11.0 Å². The molecule has 0 bridgehead atoms. The second-order valence-corrected chi connectivity index (χ2v) is 10.0. The molecule has 1 atom stereocenters. The first-order valence-electron chi connectivity index (χ1n) is 11.9. The van der Waals surface area contributed by atoms with Crippen LogP contribution in [0.4, 0.5) is 10.6 Å². The highest BCUT2D eigenvalue weighted by Crippen LogP contribution is 2.32. The van der Waals surface area contributed by atoms with Crippen molar-refractivity contribution >= 4 is 35.2 Å². The zero-order chi connectivity index (χ0) is 26.6. The number of ether oxygens (including phenoxy) is 2. The summed E-state index contributed by atoms with van der Waals surface area (Å²) in [5.74, 6) is -1.21. The first-order chi connectivity index (χ1) is 17.6. The number of carboxylic acid groups (broad SMARTS) is 1. The molecule has 2 heterocycles. The van der Waals surface area contributed by atoms with E-state index in [0.717, 1.165) is 11.1 Å². The number of aromatic carboxylic acids is 1. The Kier molecular flexibility index (Phi) is 7.78. The minimum atomic E-state index is -1.27. The standard InChI is InChI=1S/C28H28ClN3O5/c1-28(2,3)37-27(35)32-15-14-20(17-32)36-25-23(26(33)34)21(29)16-22(31-25)30-24(18-10-6-4-7-11-18)19-12-8-5-9-13-19/h4-13,16,20H,14-15,17H2,1-3H3,(H,33,34)/t20-/m0/s1. The number of aliphatic imine (C=N–C) groups is 1. The van der Waals surface area contributed by atoms with Gasteiger partial charge in [-0.15, -0.1) is 0 Å². The zero-order valence-electron chi connectivity index (χ0n) is 20.8. The van der Waals surface area contributed by atoms with Gasteiger partial charge >= 0.3 is 12.1 Å². The van der Waals surface area contributed by atoms with E-state index in [4.69, 9.17) is 26.1 Å². The molecule has 1 saturated heterocycles. The van der Waals surface area contributed by atoms with Gasteiger partial charge in [0.2, 0.25) is 5.88 Å². The molecule has 4 rings (SSSR count). The average Bonchev–Trinajstić information content (AvgIpc) is 3.31. The molecule has 37 heavy (non-hydrogen) atoms. The maximum Gasteiger partial charge on any atom is 0.410 e. The average molecular weight is 522 g/mol. The highest BCUT2D eigenvalue weighted by molar-refractivity contribution is 6.34. The second-order valence-electron chi connectivity index (χ2n) is 9.59. The van der Waals surface area contributed by atoms with Crippen LogP contribution in [0.5, 0.6) is 5.88 Å². The topological polar surface area (TPSA) is 101 Å². The van der Waals surface area contributed by atoms with Crippen molar-refractivity contribution in [2.45, 2.75) is 38.9 Å². The number of benzene rings is 2. The molecule has 2 aromatic carbocycles. The van der Waals surface area contributed by atoms with Crippen LogP contribution in [0.3, 0.4) is 0 Å². The lowest BCUT2D eigenvalue weighted by atomic mass is 10.0. The number of hydrogen-bond acceptors (Lipinski definition) is 6. The van der Waals surface area contributed by atoms with Crippen LogP contribution in [-0.2, 0) is 4.74 Å². The molecule has 0 unspecified atom stereocenters. The number of amides is 1. The van der Waals surface area contributed by atoms with Gasteiger partial charge in [-0.3, -0.25) is 0 Å². The Balaban J connectivity index is 1.67. The Morgan fingerprint density at radius 1 is 1.05 bits per heavy atom. The van der Waals surface area contributed by atoms with Crippen LogP contribution in [0.15, 0.2) is 71.7 Å². The van der Waals surface area contributed by atoms with Crippen LogP contribution in [0.2, 0.25) is 5.02 Å². The number of carbonyl (C=O) groups is 2. The Hall–Kier alpha value is -3.91. The first kappa shape index (κ1) is 26.2. The Morgan fingerprint density at radius 3 is 2.19 bits per heavy atom. The van der Waals surface area contributed by atoms with E-state index in [2.05, 4.69) is 4.98 Å². The maximum absolute atomic E-state index is 12.4. The summed E-state index contributed by atoms with van der Waals surface area (Å²) in [4.78, 5) is 35.1. The Bertz CT molecular complexity index is 1270. The van der Waals surface area contributed by atoms with Crippen molar-refractivity contribution in [3.8, 4) is 5.88 Å². The van der Waals surface area contributed by atoms with E-state index >= 15 is 0 Å². The number of hydrogen-bond donors (Lipinski definition) is 1. The summed E-state index contributed by atoms with van der Waals surface area (Å²) >= 11 is 6.39. The van der Waals surface area contributed by atoms with Gasteiger partial charge in [-0.05, 0) is 20.8 Å². The third kappa shape index (κ3) is 6.65. The monoisotopic (exact) mass is 521 g/mol. The van der Waals surface area contributed by atoms with Gasteiger partial charge in [0.15, 0.2) is 5.82 Å². The number of carbonyl (C=O) groups excluding carboxylic acids is 1. The number of carboxylic acids is 1. The fraction of sp³-hybridized carbons (Fsp3) is 0.286. The molecule has 0 aliphatic carbocycles. The van der Waals surface area contributed by atoms with E-state index < -0.39 is 23.8 Å². The van der Waals surface area contributed by atoms with Gasteiger partial charge in [-0.2, -0.15) is 4.98 Å². The number of halogens is 1. The lowest BCUT2D eigenvalue weighted by Gasteiger charge is -2.24. The summed E-state index contributed by atoms with van der Waals surface area (Å²) in [6, 6.07) is 20.6. The minimum Gasteiger partial charge on any atom is -0.477 e. The van der Waals surface area contributed by atoms with Crippen LogP contribution in [-0.4, -0.2) is 57.6 Å².